The number of nitro benzene ring substituents is 1. The van der Waals surface area contributed by atoms with Crippen molar-refractivity contribution in [2.24, 2.45) is 5.92 Å². The van der Waals surface area contributed by atoms with Crippen LogP contribution in [0, 0.1) is 27.4 Å². The highest BCUT2D eigenvalue weighted by Gasteiger charge is 2.26. The van der Waals surface area contributed by atoms with Crippen LogP contribution in [0.2, 0.25) is 5.02 Å². The van der Waals surface area contributed by atoms with Gasteiger partial charge in [-0.1, -0.05) is 24.9 Å². The number of amides is 1. The highest BCUT2D eigenvalue weighted by atomic mass is 35.5. The maximum Gasteiger partial charge on any atom is 0.270 e. The molecule has 1 aliphatic carbocycles. The van der Waals surface area contributed by atoms with Crippen LogP contribution in [-0.2, 0) is 12.8 Å². The fraction of sp³-hybridized carbons (Fsp3) is 0.333. The summed E-state index contributed by atoms with van der Waals surface area (Å²) in [7, 11) is 0. The van der Waals surface area contributed by atoms with Crippen LogP contribution in [-0.4, -0.2) is 10.8 Å². The molecular weight excluding hydrogens is 374 g/mol. The Kier molecular flexibility index (Phi) is 5.25. The average molecular weight is 390 g/mol. The Morgan fingerprint density at radius 1 is 1.54 bits per heavy atom. The minimum Gasteiger partial charge on any atom is -0.312 e. The Hall–Kier alpha value is -2.43. The zero-order valence-electron chi connectivity index (χ0n) is 14.0. The van der Waals surface area contributed by atoms with E-state index < -0.39 is 10.8 Å². The van der Waals surface area contributed by atoms with E-state index in [1.807, 2.05) is 0 Å². The van der Waals surface area contributed by atoms with Gasteiger partial charge in [0, 0.05) is 17.0 Å². The van der Waals surface area contributed by atoms with Gasteiger partial charge >= 0.3 is 0 Å². The molecule has 1 amide bonds. The topological polar surface area (TPSA) is 96.0 Å². The third kappa shape index (κ3) is 3.43. The molecule has 3 rings (SSSR count). The molecule has 26 heavy (non-hydrogen) atoms. The Balaban J connectivity index is 1.88. The molecule has 1 N–H and O–H groups in total. The number of non-ortho nitro benzene ring substituents is 1. The number of carbonyl (C=O) groups is 1. The van der Waals surface area contributed by atoms with Crippen LogP contribution < -0.4 is 5.32 Å². The largest absolute Gasteiger partial charge is 0.312 e. The first-order valence-corrected chi connectivity index (χ1v) is 9.44. The zero-order chi connectivity index (χ0) is 18.8. The number of nitrogens with zero attached hydrogens (tertiary/aromatic N) is 2. The lowest BCUT2D eigenvalue weighted by molar-refractivity contribution is -0.384. The van der Waals surface area contributed by atoms with Gasteiger partial charge in [0.05, 0.1) is 21.1 Å². The van der Waals surface area contributed by atoms with Crippen LogP contribution >= 0.6 is 22.9 Å². The third-order valence-corrected chi connectivity index (χ3v) is 6.17. The number of rotatable bonds is 4. The van der Waals surface area contributed by atoms with Crippen molar-refractivity contribution in [1.29, 1.82) is 5.26 Å². The zero-order valence-corrected chi connectivity index (χ0v) is 15.6. The number of halogens is 1. The molecule has 1 aromatic heterocycles. The molecular formula is C18H16ClN3O3S. The lowest BCUT2D eigenvalue weighted by Crippen LogP contribution is -2.13. The van der Waals surface area contributed by atoms with Gasteiger partial charge in [0.2, 0.25) is 0 Å². The molecule has 1 atom stereocenters. The van der Waals surface area contributed by atoms with Crippen LogP contribution in [0.25, 0.3) is 0 Å². The molecule has 0 fully saturated rings. The molecule has 0 radical (unpaired) electrons. The normalized spacial score (nSPS) is 15.8. The van der Waals surface area contributed by atoms with E-state index in [1.54, 1.807) is 0 Å². The van der Waals surface area contributed by atoms with E-state index in [4.69, 9.17) is 11.6 Å². The number of benzene rings is 1. The summed E-state index contributed by atoms with van der Waals surface area (Å²) < 4.78 is 0. The van der Waals surface area contributed by atoms with Crippen LogP contribution in [0.5, 0.6) is 0 Å². The van der Waals surface area contributed by atoms with Crippen molar-refractivity contribution in [3.8, 4) is 6.07 Å². The Bertz CT molecular complexity index is 932. The van der Waals surface area contributed by atoms with E-state index >= 15 is 0 Å². The van der Waals surface area contributed by atoms with E-state index in [0.717, 1.165) is 42.2 Å². The summed E-state index contributed by atoms with van der Waals surface area (Å²) in [5, 5.41) is 23.6. The molecule has 6 nitrogen and oxygen atoms in total. The second-order valence-corrected chi connectivity index (χ2v) is 7.72. The molecule has 0 bridgehead atoms. The van der Waals surface area contributed by atoms with Crippen molar-refractivity contribution in [2.75, 3.05) is 5.32 Å². The maximum absolute atomic E-state index is 12.5. The summed E-state index contributed by atoms with van der Waals surface area (Å²) in [6, 6.07) is 5.91. The fourth-order valence-corrected chi connectivity index (χ4v) is 4.75. The highest BCUT2D eigenvalue weighted by molar-refractivity contribution is 7.16. The number of hydrogen-bond acceptors (Lipinski definition) is 5. The number of anilines is 1. The first kappa shape index (κ1) is 18.4. The van der Waals surface area contributed by atoms with Gasteiger partial charge in [0.25, 0.3) is 11.6 Å². The van der Waals surface area contributed by atoms with E-state index in [9.17, 15) is 20.2 Å². The number of nitro groups is 1. The predicted molar refractivity (Wildman–Crippen MR) is 101 cm³/mol. The van der Waals surface area contributed by atoms with Gasteiger partial charge in [-0.15, -0.1) is 11.3 Å². The standard InChI is InChI=1S/C18H16ClN3O3S/c1-2-10-3-5-12-14(9-20)18(26-16(12)7-10)21-17(23)13-6-4-11(22(24)25)8-15(13)19/h4,6,8,10H,2-3,5,7H2,1H3,(H,21,23). The van der Waals surface area contributed by atoms with E-state index in [0.29, 0.717) is 16.5 Å². The third-order valence-electron chi connectivity index (χ3n) is 4.69. The SMILES string of the molecule is CCC1CCc2c(sc(NC(=O)c3ccc([N+](=O)[O-])cc3Cl)c2C#N)C1. The van der Waals surface area contributed by atoms with Gasteiger partial charge in [-0.25, -0.2) is 0 Å². The minimum absolute atomic E-state index is 0.00238. The Morgan fingerprint density at radius 2 is 2.31 bits per heavy atom. The van der Waals surface area contributed by atoms with E-state index in [-0.39, 0.29) is 16.3 Å². The summed E-state index contributed by atoms with van der Waals surface area (Å²) in [6.07, 6.45) is 3.93. The number of hydrogen-bond donors (Lipinski definition) is 1. The molecule has 134 valence electrons. The van der Waals surface area contributed by atoms with Crippen LogP contribution in [0.1, 0.15) is 46.1 Å². The van der Waals surface area contributed by atoms with Crippen molar-refractivity contribution in [3.05, 3.63) is 54.9 Å². The van der Waals surface area contributed by atoms with Crippen LogP contribution in [0.3, 0.4) is 0 Å². The summed E-state index contributed by atoms with van der Waals surface area (Å²) in [6.45, 7) is 2.16. The second kappa shape index (κ2) is 7.44. The summed E-state index contributed by atoms with van der Waals surface area (Å²) in [4.78, 5) is 23.9. The van der Waals surface area contributed by atoms with Crippen molar-refractivity contribution < 1.29 is 9.72 Å². The van der Waals surface area contributed by atoms with Gasteiger partial charge in [-0.2, -0.15) is 5.26 Å². The number of thiophene rings is 1. The van der Waals surface area contributed by atoms with Gasteiger partial charge in [0.15, 0.2) is 0 Å². The Labute approximate surface area is 159 Å². The molecule has 0 saturated carbocycles. The quantitative estimate of drug-likeness (QED) is 0.591. The molecule has 8 heteroatoms. The summed E-state index contributed by atoms with van der Waals surface area (Å²) in [5.41, 5.74) is 1.51. The first-order chi connectivity index (χ1) is 12.4. The van der Waals surface area contributed by atoms with Gasteiger partial charge < -0.3 is 5.32 Å². The predicted octanol–water partition coefficient (Wildman–Crippen LogP) is 4.95. The average Bonchev–Trinajstić information content (AvgIpc) is 2.97. The minimum atomic E-state index is -0.571. The summed E-state index contributed by atoms with van der Waals surface area (Å²) in [5.74, 6) is 0.132. The Morgan fingerprint density at radius 3 is 2.92 bits per heavy atom. The lowest BCUT2D eigenvalue weighted by atomic mass is 9.86. The van der Waals surface area contributed by atoms with Crippen molar-refractivity contribution in [2.45, 2.75) is 32.6 Å². The van der Waals surface area contributed by atoms with Crippen LogP contribution in [0.15, 0.2) is 18.2 Å². The fourth-order valence-electron chi connectivity index (χ4n) is 3.18. The molecule has 0 saturated heterocycles. The molecule has 2 aromatic rings. The van der Waals surface area contributed by atoms with E-state index in [1.165, 1.54) is 23.5 Å². The number of fused-ring (bicyclic) bond motifs is 1. The molecule has 0 aliphatic heterocycles. The van der Waals surface area contributed by atoms with Crippen molar-refractivity contribution >= 4 is 39.5 Å². The van der Waals surface area contributed by atoms with E-state index in [2.05, 4.69) is 18.3 Å². The van der Waals surface area contributed by atoms with Gasteiger partial charge in [-0.05, 0) is 36.8 Å². The second-order valence-electron chi connectivity index (χ2n) is 6.21. The van der Waals surface area contributed by atoms with Crippen molar-refractivity contribution in [3.63, 3.8) is 0 Å². The monoisotopic (exact) mass is 389 g/mol. The van der Waals surface area contributed by atoms with Gasteiger partial charge in [-0.3, -0.25) is 14.9 Å². The molecule has 1 aromatic carbocycles. The highest BCUT2D eigenvalue weighted by Crippen LogP contribution is 2.40. The van der Waals surface area contributed by atoms with Crippen molar-refractivity contribution in [1.82, 2.24) is 0 Å². The number of nitrogens with one attached hydrogen (secondary N) is 1. The first-order valence-electron chi connectivity index (χ1n) is 8.24. The number of carbonyl (C=O) groups excluding carboxylic acids is 1. The lowest BCUT2D eigenvalue weighted by Gasteiger charge is -2.20. The molecule has 1 heterocycles. The van der Waals surface area contributed by atoms with Crippen LogP contribution in [0.4, 0.5) is 10.7 Å². The molecule has 1 aliphatic rings. The molecule has 1 unspecified atom stereocenters. The smallest absolute Gasteiger partial charge is 0.270 e. The summed E-state index contributed by atoms with van der Waals surface area (Å²) >= 11 is 7.46. The number of nitriles is 1. The maximum atomic E-state index is 12.5. The van der Waals surface area contributed by atoms with Gasteiger partial charge in [0.1, 0.15) is 11.1 Å². The molecule has 0 spiro atoms.